The number of amides is 1. The Bertz CT molecular complexity index is 952. The van der Waals surface area contributed by atoms with Crippen molar-refractivity contribution in [1.29, 1.82) is 0 Å². The number of para-hydroxylation sites is 1. The normalized spacial score (nSPS) is 10.2. The predicted octanol–water partition coefficient (Wildman–Crippen LogP) is 3.16. The summed E-state index contributed by atoms with van der Waals surface area (Å²) in [5, 5.41) is 9.53. The summed E-state index contributed by atoms with van der Waals surface area (Å²) in [6, 6.07) is 11.6. The van der Waals surface area contributed by atoms with Crippen LogP contribution in [0.5, 0.6) is 0 Å². The lowest BCUT2D eigenvalue weighted by Crippen LogP contribution is -2.16. The first kappa shape index (κ1) is 17.2. The molecule has 0 aliphatic carbocycles. The van der Waals surface area contributed by atoms with E-state index in [2.05, 4.69) is 20.8 Å². The Kier molecular flexibility index (Phi) is 4.93. The summed E-state index contributed by atoms with van der Waals surface area (Å²) < 4.78 is 9.71. The monoisotopic (exact) mass is 352 g/mol. The number of pyridine rings is 1. The number of aryl methyl sites for hydroxylation is 1. The van der Waals surface area contributed by atoms with E-state index in [0.29, 0.717) is 23.0 Å². The van der Waals surface area contributed by atoms with E-state index < -0.39 is 11.9 Å². The molecular weight excluding hydrogens is 336 g/mol. The van der Waals surface area contributed by atoms with Crippen LogP contribution in [0.1, 0.15) is 26.6 Å². The van der Waals surface area contributed by atoms with Crippen LogP contribution in [0.4, 0.5) is 17.2 Å². The molecule has 8 heteroatoms. The number of hydrogen-bond acceptors (Lipinski definition) is 7. The second-order valence-electron chi connectivity index (χ2n) is 5.37. The molecule has 8 nitrogen and oxygen atoms in total. The van der Waals surface area contributed by atoms with Gasteiger partial charge in [0, 0.05) is 18.0 Å². The van der Waals surface area contributed by atoms with E-state index in [1.165, 1.54) is 13.3 Å². The molecule has 0 radical (unpaired) electrons. The zero-order valence-electron chi connectivity index (χ0n) is 14.1. The number of carbonyl (C=O) groups excluding carboxylic acids is 2. The molecule has 0 unspecified atom stereocenters. The van der Waals surface area contributed by atoms with E-state index in [1.807, 2.05) is 0 Å². The number of carbonyl (C=O) groups is 2. The van der Waals surface area contributed by atoms with Crippen LogP contribution in [-0.4, -0.2) is 29.1 Å². The average Bonchev–Trinajstić information content (AvgIpc) is 3.06. The molecule has 0 fully saturated rings. The largest absolute Gasteiger partial charge is 0.465 e. The highest BCUT2D eigenvalue weighted by molar-refractivity contribution is 6.07. The minimum Gasteiger partial charge on any atom is -0.465 e. The zero-order valence-corrected chi connectivity index (χ0v) is 14.1. The van der Waals surface area contributed by atoms with Crippen LogP contribution in [0, 0.1) is 6.92 Å². The van der Waals surface area contributed by atoms with Gasteiger partial charge in [0.1, 0.15) is 11.5 Å². The molecule has 0 aliphatic rings. The van der Waals surface area contributed by atoms with Gasteiger partial charge in [-0.2, -0.15) is 0 Å². The average molecular weight is 352 g/mol. The third kappa shape index (κ3) is 3.86. The van der Waals surface area contributed by atoms with Crippen molar-refractivity contribution >= 4 is 29.1 Å². The van der Waals surface area contributed by atoms with Crippen LogP contribution in [0.25, 0.3) is 0 Å². The van der Waals surface area contributed by atoms with Crippen molar-refractivity contribution in [3.05, 3.63) is 65.7 Å². The Labute approximate surface area is 149 Å². The molecule has 0 bridgehead atoms. The second kappa shape index (κ2) is 7.47. The summed E-state index contributed by atoms with van der Waals surface area (Å²) in [7, 11) is 1.28. The lowest BCUT2D eigenvalue weighted by atomic mass is 10.1. The third-order valence-corrected chi connectivity index (χ3v) is 3.47. The van der Waals surface area contributed by atoms with E-state index in [-0.39, 0.29) is 11.3 Å². The number of anilines is 3. The number of benzene rings is 1. The van der Waals surface area contributed by atoms with Gasteiger partial charge in [0.25, 0.3) is 5.91 Å². The van der Waals surface area contributed by atoms with Gasteiger partial charge >= 0.3 is 5.97 Å². The van der Waals surface area contributed by atoms with Crippen LogP contribution in [0.15, 0.2) is 53.2 Å². The third-order valence-electron chi connectivity index (χ3n) is 3.47. The van der Waals surface area contributed by atoms with Gasteiger partial charge in [0.15, 0.2) is 5.82 Å². The fraction of sp³-hybridized carbons (Fsp3) is 0.111. The van der Waals surface area contributed by atoms with Crippen molar-refractivity contribution in [1.82, 2.24) is 10.1 Å². The molecular formula is C18H16N4O4. The number of rotatable bonds is 5. The van der Waals surface area contributed by atoms with Crippen molar-refractivity contribution in [2.24, 2.45) is 0 Å². The number of methoxy groups -OCH3 is 1. The Morgan fingerprint density at radius 1 is 1.15 bits per heavy atom. The SMILES string of the molecule is COC(=O)c1ccccc1NC(=O)c1cc(Nc2cc(C)on2)ccn1. The molecule has 0 spiro atoms. The summed E-state index contributed by atoms with van der Waals surface area (Å²) in [6.45, 7) is 1.78. The topological polar surface area (TPSA) is 106 Å². The smallest absolute Gasteiger partial charge is 0.339 e. The first-order valence-corrected chi connectivity index (χ1v) is 7.72. The van der Waals surface area contributed by atoms with E-state index >= 15 is 0 Å². The summed E-state index contributed by atoms with van der Waals surface area (Å²) >= 11 is 0. The van der Waals surface area contributed by atoms with Crippen LogP contribution in [0.2, 0.25) is 0 Å². The zero-order chi connectivity index (χ0) is 18.5. The Morgan fingerprint density at radius 2 is 1.96 bits per heavy atom. The van der Waals surface area contributed by atoms with Crippen LogP contribution >= 0.6 is 0 Å². The van der Waals surface area contributed by atoms with Crippen LogP contribution in [0.3, 0.4) is 0 Å². The molecule has 0 saturated carbocycles. The van der Waals surface area contributed by atoms with Crippen molar-refractivity contribution in [2.75, 3.05) is 17.7 Å². The van der Waals surface area contributed by atoms with Gasteiger partial charge in [0.2, 0.25) is 0 Å². The first-order chi connectivity index (χ1) is 12.6. The Hall–Kier alpha value is -3.68. The lowest BCUT2D eigenvalue weighted by Gasteiger charge is -2.10. The maximum Gasteiger partial charge on any atom is 0.339 e. The molecule has 26 heavy (non-hydrogen) atoms. The van der Waals surface area contributed by atoms with Crippen molar-refractivity contribution in [3.8, 4) is 0 Å². The van der Waals surface area contributed by atoms with E-state index in [4.69, 9.17) is 9.26 Å². The molecule has 0 atom stereocenters. The summed E-state index contributed by atoms with van der Waals surface area (Å²) in [4.78, 5) is 28.4. The van der Waals surface area contributed by atoms with Gasteiger partial charge in [-0.15, -0.1) is 0 Å². The number of nitrogens with zero attached hydrogens (tertiary/aromatic N) is 2. The highest BCUT2D eigenvalue weighted by Crippen LogP contribution is 2.19. The number of esters is 1. The highest BCUT2D eigenvalue weighted by Gasteiger charge is 2.15. The second-order valence-corrected chi connectivity index (χ2v) is 5.37. The molecule has 1 aromatic carbocycles. The van der Waals surface area contributed by atoms with Gasteiger partial charge in [-0.3, -0.25) is 9.78 Å². The molecule has 3 rings (SSSR count). The van der Waals surface area contributed by atoms with Gasteiger partial charge < -0.3 is 19.9 Å². The van der Waals surface area contributed by atoms with Crippen molar-refractivity contribution < 1.29 is 18.8 Å². The van der Waals surface area contributed by atoms with Gasteiger partial charge in [-0.1, -0.05) is 17.3 Å². The molecule has 2 aromatic heterocycles. The Morgan fingerprint density at radius 3 is 2.69 bits per heavy atom. The van der Waals surface area contributed by atoms with Crippen molar-refractivity contribution in [2.45, 2.75) is 6.92 Å². The first-order valence-electron chi connectivity index (χ1n) is 7.72. The predicted molar refractivity (Wildman–Crippen MR) is 94.5 cm³/mol. The van der Waals surface area contributed by atoms with Crippen molar-refractivity contribution in [3.63, 3.8) is 0 Å². The molecule has 2 heterocycles. The molecule has 0 aliphatic heterocycles. The molecule has 0 saturated heterocycles. The summed E-state index contributed by atoms with van der Waals surface area (Å²) in [6.07, 6.45) is 1.50. The summed E-state index contributed by atoms with van der Waals surface area (Å²) in [5.41, 5.74) is 1.40. The van der Waals surface area contributed by atoms with E-state index in [1.54, 1.807) is 49.4 Å². The van der Waals surface area contributed by atoms with Crippen LogP contribution < -0.4 is 10.6 Å². The number of aromatic nitrogens is 2. The van der Waals surface area contributed by atoms with Crippen LogP contribution in [-0.2, 0) is 4.74 Å². The van der Waals surface area contributed by atoms with Gasteiger partial charge in [0.05, 0.1) is 18.4 Å². The molecule has 132 valence electrons. The van der Waals surface area contributed by atoms with Gasteiger partial charge in [-0.25, -0.2) is 4.79 Å². The minimum absolute atomic E-state index is 0.176. The minimum atomic E-state index is -0.536. The van der Waals surface area contributed by atoms with Gasteiger partial charge in [-0.05, 0) is 31.2 Å². The summed E-state index contributed by atoms with van der Waals surface area (Å²) in [5.74, 6) is 0.196. The molecule has 3 aromatic rings. The van der Waals surface area contributed by atoms with E-state index in [0.717, 1.165) is 0 Å². The standard InChI is InChI=1S/C18H16N4O4/c1-11-9-16(22-26-11)20-12-7-8-19-15(10-12)17(23)21-14-6-4-3-5-13(14)18(24)25-2/h3-10H,1-2H3,(H,21,23)(H,19,20,22). The fourth-order valence-corrected chi connectivity index (χ4v) is 2.27. The van der Waals surface area contributed by atoms with E-state index in [9.17, 15) is 9.59 Å². The number of ether oxygens (including phenoxy) is 1. The Balaban J connectivity index is 1.79. The lowest BCUT2D eigenvalue weighted by molar-refractivity contribution is 0.0602. The molecule has 2 N–H and O–H groups in total. The maximum atomic E-state index is 12.5. The molecule has 1 amide bonds. The maximum absolute atomic E-state index is 12.5. The fourth-order valence-electron chi connectivity index (χ4n) is 2.27. The number of hydrogen-bond donors (Lipinski definition) is 2. The quantitative estimate of drug-likeness (QED) is 0.679. The highest BCUT2D eigenvalue weighted by atomic mass is 16.5. The number of nitrogens with one attached hydrogen (secondary N) is 2.